The van der Waals surface area contributed by atoms with E-state index in [1.165, 1.54) is 0 Å². The molecule has 1 N–H and O–H groups in total. The Morgan fingerprint density at radius 3 is 2.23 bits per heavy atom. The van der Waals surface area contributed by atoms with Gasteiger partial charge in [0.15, 0.2) is 0 Å². The molecule has 0 saturated carbocycles. The minimum Gasteiger partial charge on any atom is -0.461 e. The SMILES string of the molecule is CC(C)C(=O)OCc1ccc(C(=O)Nc2ccccc2)cc1. The van der Waals surface area contributed by atoms with E-state index < -0.39 is 0 Å². The zero-order valence-corrected chi connectivity index (χ0v) is 12.7. The lowest BCUT2D eigenvalue weighted by Gasteiger charge is -2.08. The summed E-state index contributed by atoms with van der Waals surface area (Å²) in [5, 5.41) is 2.82. The smallest absolute Gasteiger partial charge is 0.308 e. The molecule has 0 heterocycles. The highest BCUT2D eigenvalue weighted by Crippen LogP contribution is 2.11. The summed E-state index contributed by atoms with van der Waals surface area (Å²) in [4.78, 5) is 23.5. The van der Waals surface area contributed by atoms with E-state index in [-0.39, 0.29) is 24.4 Å². The van der Waals surface area contributed by atoms with Crippen LogP contribution in [0.3, 0.4) is 0 Å². The van der Waals surface area contributed by atoms with E-state index in [9.17, 15) is 9.59 Å². The van der Waals surface area contributed by atoms with Crippen LogP contribution in [0.4, 0.5) is 5.69 Å². The molecule has 2 rings (SSSR count). The van der Waals surface area contributed by atoms with Crippen molar-refractivity contribution in [2.45, 2.75) is 20.5 Å². The molecule has 0 saturated heterocycles. The topological polar surface area (TPSA) is 55.4 Å². The third kappa shape index (κ3) is 4.45. The second kappa shape index (κ2) is 7.41. The lowest BCUT2D eigenvalue weighted by atomic mass is 10.1. The number of amides is 1. The van der Waals surface area contributed by atoms with Gasteiger partial charge in [0.05, 0.1) is 5.92 Å². The van der Waals surface area contributed by atoms with Crippen LogP contribution in [0.25, 0.3) is 0 Å². The van der Waals surface area contributed by atoms with Crippen LogP contribution in [0, 0.1) is 5.92 Å². The maximum absolute atomic E-state index is 12.1. The molecule has 4 heteroatoms. The van der Waals surface area contributed by atoms with Crippen molar-refractivity contribution >= 4 is 17.6 Å². The number of hydrogen-bond acceptors (Lipinski definition) is 3. The molecule has 1 amide bonds. The molecule has 0 aliphatic carbocycles. The van der Waals surface area contributed by atoms with Crippen LogP contribution in [0.2, 0.25) is 0 Å². The predicted octanol–water partition coefficient (Wildman–Crippen LogP) is 3.64. The first kappa shape index (κ1) is 15.8. The van der Waals surface area contributed by atoms with Gasteiger partial charge in [-0.3, -0.25) is 9.59 Å². The van der Waals surface area contributed by atoms with Crippen molar-refractivity contribution in [3.63, 3.8) is 0 Å². The van der Waals surface area contributed by atoms with Crippen LogP contribution in [0.5, 0.6) is 0 Å². The van der Waals surface area contributed by atoms with Crippen molar-refractivity contribution in [1.29, 1.82) is 0 Å². The Labute approximate surface area is 130 Å². The molecule has 4 nitrogen and oxygen atoms in total. The molecule has 2 aromatic rings. The van der Waals surface area contributed by atoms with Gasteiger partial charge in [-0.15, -0.1) is 0 Å². The third-order valence-electron chi connectivity index (χ3n) is 3.10. The fourth-order valence-corrected chi connectivity index (χ4v) is 1.80. The molecule has 0 aliphatic rings. The number of carbonyl (C=O) groups is 2. The summed E-state index contributed by atoms with van der Waals surface area (Å²) < 4.78 is 5.15. The van der Waals surface area contributed by atoms with E-state index in [2.05, 4.69) is 5.32 Å². The van der Waals surface area contributed by atoms with E-state index in [0.29, 0.717) is 5.56 Å². The monoisotopic (exact) mass is 297 g/mol. The quantitative estimate of drug-likeness (QED) is 0.857. The van der Waals surface area contributed by atoms with Crippen LogP contribution >= 0.6 is 0 Å². The Morgan fingerprint density at radius 1 is 1.00 bits per heavy atom. The molecule has 2 aromatic carbocycles. The lowest BCUT2D eigenvalue weighted by Crippen LogP contribution is -2.13. The fraction of sp³-hybridized carbons (Fsp3) is 0.222. The molecule has 114 valence electrons. The van der Waals surface area contributed by atoms with Crippen LogP contribution in [0.1, 0.15) is 29.8 Å². The number of benzene rings is 2. The number of nitrogens with one attached hydrogen (secondary N) is 1. The Hall–Kier alpha value is -2.62. The first-order valence-corrected chi connectivity index (χ1v) is 7.18. The summed E-state index contributed by atoms with van der Waals surface area (Å²) in [5.41, 5.74) is 2.16. The standard InChI is InChI=1S/C18H19NO3/c1-13(2)18(21)22-12-14-8-10-15(11-9-14)17(20)19-16-6-4-3-5-7-16/h3-11,13H,12H2,1-2H3,(H,19,20). The molecule has 22 heavy (non-hydrogen) atoms. The van der Waals surface area contributed by atoms with Gasteiger partial charge in [-0.2, -0.15) is 0 Å². The molecule has 0 aliphatic heterocycles. The van der Waals surface area contributed by atoms with Gasteiger partial charge in [0, 0.05) is 11.3 Å². The van der Waals surface area contributed by atoms with Gasteiger partial charge < -0.3 is 10.1 Å². The van der Waals surface area contributed by atoms with Gasteiger partial charge in [0.1, 0.15) is 6.61 Å². The van der Waals surface area contributed by atoms with Gasteiger partial charge in [-0.1, -0.05) is 44.2 Å². The number of carbonyl (C=O) groups excluding carboxylic acids is 2. The van der Waals surface area contributed by atoms with Crippen LogP contribution in [-0.4, -0.2) is 11.9 Å². The van der Waals surface area contributed by atoms with Crippen LogP contribution in [-0.2, 0) is 16.1 Å². The van der Waals surface area contributed by atoms with E-state index in [4.69, 9.17) is 4.74 Å². The minimum atomic E-state index is -0.231. The molecular weight excluding hydrogens is 278 g/mol. The lowest BCUT2D eigenvalue weighted by molar-refractivity contribution is -0.148. The van der Waals surface area contributed by atoms with Gasteiger partial charge in [0.25, 0.3) is 5.91 Å². The van der Waals surface area contributed by atoms with Crippen molar-refractivity contribution in [3.8, 4) is 0 Å². The second-order valence-electron chi connectivity index (χ2n) is 5.28. The molecule has 0 atom stereocenters. The summed E-state index contributed by atoms with van der Waals surface area (Å²) in [6.45, 7) is 3.80. The minimum absolute atomic E-state index is 0.143. The zero-order valence-electron chi connectivity index (χ0n) is 12.7. The number of esters is 1. The molecule has 0 spiro atoms. The van der Waals surface area contributed by atoms with Crippen molar-refractivity contribution in [1.82, 2.24) is 0 Å². The average Bonchev–Trinajstić information content (AvgIpc) is 2.54. The molecule has 0 unspecified atom stereocenters. The maximum Gasteiger partial charge on any atom is 0.308 e. The molecular formula is C18H19NO3. The summed E-state index contributed by atoms with van der Waals surface area (Å²) in [5.74, 6) is -0.543. The van der Waals surface area contributed by atoms with E-state index in [0.717, 1.165) is 11.3 Å². The first-order chi connectivity index (χ1) is 10.6. The summed E-state index contributed by atoms with van der Waals surface area (Å²) in [7, 11) is 0. The fourth-order valence-electron chi connectivity index (χ4n) is 1.80. The van der Waals surface area contributed by atoms with Gasteiger partial charge in [-0.25, -0.2) is 0 Å². The number of para-hydroxylation sites is 1. The largest absolute Gasteiger partial charge is 0.461 e. The maximum atomic E-state index is 12.1. The van der Waals surface area contributed by atoms with Crippen LogP contribution < -0.4 is 5.32 Å². The number of hydrogen-bond donors (Lipinski definition) is 1. The molecule has 0 fully saturated rings. The molecule has 0 radical (unpaired) electrons. The van der Waals surface area contributed by atoms with E-state index >= 15 is 0 Å². The Kier molecular flexibility index (Phi) is 5.31. The van der Waals surface area contributed by atoms with Gasteiger partial charge in [-0.05, 0) is 29.8 Å². The normalized spacial score (nSPS) is 10.3. The van der Waals surface area contributed by atoms with Crippen molar-refractivity contribution in [2.75, 3.05) is 5.32 Å². The van der Waals surface area contributed by atoms with Crippen molar-refractivity contribution in [3.05, 3.63) is 65.7 Å². The molecule has 0 aromatic heterocycles. The van der Waals surface area contributed by atoms with E-state index in [1.54, 1.807) is 38.1 Å². The number of anilines is 1. The Balaban J connectivity index is 1.94. The third-order valence-corrected chi connectivity index (χ3v) is 3.10. The predicted molar refractivity (Wildman–Crippen MR) is 85.5 cm³/mol. The summed E-state index contributed by atoms with van der Waals surface area (Å²) in [6, 6.07) is 16.3. The Bertz CT molecular complexity index is 633. The zero-order chi connectivity index (χ0) is 15.9. The molecule has 0 bridgehead atoms. The number of ether oxygens (including phenoxy) is 1. The Morgan fingerprint density at radius 2 is 1.64 bits per heavy atom. The highest BCUT2D eigenvalue weighted by molar-refractivity contribution is 6.04. The highest BCUT2D eigenvalue weighted by Gasteiger charge is 2.09. The number of rotatable bonds is 5. The summed E-state index contributed by atoms with van der Waals surface area (Å²) >= 11 is 0. The van der Waals surface area contributed by atoms with E-state index in [1.807, 2.05) is 30.3 Å². The first-order valence-electron chi connectivity index (χ1n) is 7.18. The van der Waals surface area contributed by atoms with Crippen molar-refractivity contribution < 1.29 is 14.3 Å². The van der Waals surface area contributed by atoms with Gasteiger partial charge in [0.2, 0.25) is 0 Å². The van der Waals surface area contributed by atoms with Crippen molar-refractivity contribution in [2.24, 2.45) is 5.92 Å². The van der Waals surface area contributed by atoms with Gasteiger partial charge >= 0.3 is 5.97 Å². The highest BCUT2D eigenvalue weighted by atomic mass is 16.5. The average molecular weight is 297 g/mol. The summed E-state index contributed by atoms with van der Waals surface area (Å²) in [6.07, 6.45) is 0. The second-order valence-corrected chi connectivity index (χ2v) is 5.28. The van der Waals surface area contributed by atoms with Crippen LogP contribution in [0.15, 0.2) is 54.6 Å².